The monoisotopic (exact) mass is 535 g/mol. The van der Waals surface area contributed by atoms with Crippen molar-refractivity contribution in [3.05, 3.63) is 45.9 Å². The molecule has 1 fully saturated rings. The molecule has 3 N–H and O–H groups in total. The van der Waals surface area contributed by atoms with Crippen molar-refractivity contribution in [3.8, 4) is 0 Å². The third-order valence-corrected chi connectivity index (χ3v) is 6.47. The summed E-state index contributed by atoms with van der Waals surface area (Å²) in [6.07, 6.45) is 0. The molecular weight excluding hydrogens is 521 g/mol. The molecule has 1 aromatic carbocycles. The van der Waals surface area contributed by atoms with E-state index in [9.17, 15) is 27.4 Å². The van der Waals surface area contributed by atoms with Crippen molar-refractivity contribution in [2.24, 2.45) is 5.16 Å². The van der Waals surface area contributed by atoms with Crippen LogP contribution >= 0.6 is 34.5 Å². The number of thiazole rings is 1. The number of hydrogen-bond donors (Lipinski definition) is 3. The number of amides is 3. The Hall–Kier alpha value is -2.78. The summed E-state index contributed by atoms with van der Waals surface area (Å²) < 4.78 is 33.1. The molecule has 1 aromatic heterocycles. The number of aromatic nitrogens is 1. The highest BCUT2D eigenvalue weighted by Gasteiger charge is 2.55. The minimum Gasteiger partial charge on any atom is -0.398 e. The molecule has 2 atom stereocenters. The van der Waals surface area contributed by atoms with Crippen LogP contribution in [0.2, 0.25) is 5.02 Å². The van der Waals surface area contributed by atoms with Gasteiger partial charge in [0.1, 0.15) is 30.8 Å². The summed E-state index contributed by atoms with van der Waals surface area (Å²) in [7, 11) is -3.72. The van der Waals surface area contributed by atoms with E-state index in [1.165, 1.54) is 36.8 Å². The molecule has 3 rings (SSSR count). The number of nitrogens with one attached hydrogen (secondary N) is 2. The molecule has 1 saturated heterocycles. The molecule has 1 aliphatic heterocycles. The number of benzene rings is 1. The second-order valence-corrected chi connectivity index (χ2v) is 9.25. The van der Waals surface area contributed by atoms with Gasteiger partial charge >= 0.3 is 10.3 Å². The number of carbonyl (C=O) groups excluding carboxylic acids is 3. The van der Waals surface area contributed by atoms with Crippen LogP contribution in [0.4, 0.5) is 5.13 Å². The summed E-state index contributed by atoms with van der Waals surface area (Å²) in [4.78, 5) is 45.5. The number of halogens is 2. The molecule has 2 heterocycles. The fourth-order valence-corrected chi connectivity index (χ4v) is 4.72. The second kappa shape index (κ2) is 10.0. The largest absolute Gasteiger partial charge is 0.398 e. The van der Waals surface area contributed by atoms with Crippen LogP contribution in [0.15, 0.2) is 34.8 Å². The van der Waals surface area contributed by atoms with Crippen molar-refractivity contribution >= 4 is 73.4 Å². The van der Waals surface area contributed by atoms with Crippen molar-refractivity contribution in [1.29, 1.82) is 0 Å². The van der Waals surface area contributed by atoms with Crippen LogP contribution in [-0.2, 0) is 29.5 Å². The Morgan fingerprint density at radius 2 is 2.00 bits per heavy atom. The number of alkyl halides is 1. The third kappa shape index (κ3) is 5.42. The molecule has 0 spiro atoms. The van der Waals surface area contributed by atoms with Crippen LogP contribution in [-0.4, -0.2) is 64.7 Å². The third-order valence-electron chi connectivity index (χ3n) is 4.31. The summed E-state index contributed by atoms with van der Waals surface area (Å²) in [5.74, 6) is -2.78. The zero-order valence-electron chi connectivity index (χ0n) is 16.6. The van der Waals surface area contributed by atoms with Crippen molar-refractivity contribution in [2.75, 3.05) is 18.3 Å². The summed E-state index contributed by atoms with van der Waals surface area (Å²) in [6, 6.07) is 3.25. The van der Waals surface area contributed by atoms with Gasteiger partial charge in [0.05, 0.1) is 0 Å². The van der Waals surface area contributed by atoms with E-state index < -0.39 is 40.1 Å². The maximum atomic E-state index is 12.9. The van der Waals surface area contributed by atoms with E-state index in [1.54, 1.807) is 0 Å². The van der Waals surface area contributed by atoms with E-state index in [-0.39, 0.29) is 26.7 Å². The highest BCUT2D eigenvalue weighted by Crippen LogP contribution is 2.37. The zero-order chi connectivity index (χ0) is 24.3. The first kappa shape index (κ1) is 24.9. The van der Waals surface area contributed by atoms with Crippen molar-refractivity contribution in [3.63, 3.8) is 0 Å². The molecule has 176 valence electrons. The molecule has 0 bridgehead atoms. The Morgan fingerprint density at radius 3 is 2.58 bits per heavy atom. The van der Waals surface area contributed by atoms with Crippen molar-refractivity contribution < 1.29 is 32.2 Å². The number of β-lactam (4-membered cyclic amide) rings is 1. The molecule has 1 aliphatic rings. The summed E-state index contributed by atoms with van der Waals surface area (Å²) in [5.41, 5.74) is -0.0226. The van der Waals surface area contributed by atoms with Crippen LogP contribution in [0, 0.1) is 0 Å². The van der Waals surface area contributed by atoms with Gasteiger partial charge in [-0.25, -0.2) is 9.29 Å². The molecule has 0 aliphatic carbocycles. The quantitative estimate of drug-likeness (QED) is 0.149. The smallest absolute Gasteiger partial charge is 0.362 e. The molecule has 12 nitrogen and oxygen atoms in total. The number of anilines is 1. The first-order valence-electron chi connectivity index (χ1n) is 8.86. The summed E-state index contributed by atoms with van der Waals surface area (Å²) in [5, 5.41) is 10.3. The normalized spacial score (nSPS) is 18.5. The zero-order valence-corrected chi connectivity index (χ0v) is 19.7. The van der Waals surface area contributed by atoms with E-state index >= 15 is 0 Å². The highest BCUT2D eigenvalue weighted by atomic mass is 35.5. The second-order valence-electron chi connectivity index (χ2n) is 6.40. The van der Waals surface area contributed by atoms with Gasteiger partial charge in [-0.3, -0.25) is 18.9 Å². The van der Waals surface area contributed by atoms with Crippen LogP contribution in [0.5, 0.6) is 0 Å². The lowest BCUT2D eigenvalue weighted by atomic mass is 9.91. The van der Waals surface area contributed by atoms with Crippen molar-refractivity contribution in [2.45, 2.75) is 12.1 Å². The van der Waals surface area contributed by atoms with Gasteiger partial charge in [0.15, 0.2) is 10.8 Å². The number of hydrogen-bond acceptors (Lipinski definition) is 9. The van der Waals surface area contributed by atoms with E-state index in [0.29, 0.717) is 10.6 Å². The fraction of sp³-hybridized carbons (Fsp3) is 0.235. The van der Waals surface area contributed by atoms with Gasteiger partial charge in [0.25, 0.3) is 11.8 Å². The van der Waals surface area contributed by atoms with Crippen LogP contribution in [0.25, 0.3) is 0 Å². The van der Waals surface area contributed by atoms with E-state index in [0.717, 1.165) is 11.3 Å². The Kier molecular flexibility index (Phi) is 7.54. The number of carbonyl (C=O) groups is 3. The first-order chi connectivity index (χ1) is 15.6. The van der Waals surface area contributed by atoms with Gasteiger partial charge < -0.3 is 15.5 Å². The first-order valence-corrected chi connectivity index (χ1v) is 12.1. The van der Waals surface area contributed by atoms with Crippen LogP contribution in [0.1, 0.15) is 17.3 Å². The Morgan fingerprint density at radius 1 is 1.33 bits per heavy atom. The van der Waals surface area contributed by atoms with Crippen LogP contribution in [0.3, 0.4) is 0 Å². The van der Waals surface area contributed by atoms with Gasteiger partial charge in [-0.15, -0.1) is 22.9 Å². The van der Waals surface area contributed by atoms with E-state index in [1.807, 2.05) is 0 Å². The van der Waals surface area contributed by atoms with E-state index in [4.69, 9.17) is 23.2 Å². The van der Waals surface area contributed by atoms with Gasteiger partial charge in [-0.2, -0.15) is 8.42 Å². The lowest BCUT2D eigenvalue weighted by Crippen LogP contribution is -2.67. The minimum atomic E-state index is -4.90. The number of rotatable bonds is 8. The Labute approximate surface area is 201 Å². The molecule has 0 unspecified atom stereocenters. The standard InChI is InChI=1S/C17H15Cl2N5O7S2/c1-31-23-12(10-7-32-17(20-10)21-11(25)6-18)15(26)22-13-14(8-2-4-9(19)5-3-8)24(16(13)27)33(28,29)30/h2-5,7,13-14H,6H2,1H3,(H,22,26)(H,20,21,25)(H,28,29,30)/t13-,14+/m1/s1. The number of oxime groups is 1. The molecular formula is C17H15Cl2N5O7S2. The lowest BCUT2D eigenvalue weighted by Gasteiger charge is -2.44. The SMILES string of the molecule is CON=C(C(=O)N[C@H]1C(=O)N(S(=O)(=O)O)[C@H]1c1ccc(Cl)cc1)c1csc(NC(=O)CCl)n1. The molecule has 0 saturated carbocycles. The predicted molar refractivity (Wildman–Crippen MR) is 120 cm³/mol. The lowest BCUT2D eigenvalue weighted by molar-refractivity contribution is -0.145. The average Bonchev–Trinajstić information content (AvgIpc) is 3.21. The van der Waals surface area contributed by atoms with E-state index in [2.05, 4.69) is 25.6 Å². The highest BCUT2D eigenvalue weighted by molar-refractivity contribution is 7.84. The molecule has 16 heteroatoms. The summed E-state index contributed by atoms with van der Waals surface area (Å²) in [6.45, 7) is 0. The summed E-state index contributed by atoms with van der Waals surface area (Å²) >= 11 is 12.3. The maximum absolute atomic E-state index is 12.9. The van der Waals surface area contributed by atoms with Gasteiger partial charge in [-0.05, 0) is 17.7 Å². The molecule has 3 amide bonds. The van der Waals surface area contributed by atoms with Gasteiger partial charge in [0.2, 0.25) is 5.91 Å². The average molecular weight is 536 g/mol. The Bertz CT molecular complexity index is 1220. The van der Waals surface area contributed by atoms with Crippen molar-refractivity contribution in [1.82, 2.24) is 14.6 Å². The van der Waals surface area contributed by atoms with Gasteiger partial charge in [-0.1, -0.05) is 28.9 Å². The topological polar surface area (TPSA) is 167 Å². The predicted octanol–water partition coefficient (Wildman–Crippen LogP) is 1.20. The molecule has 2 aromatic rings. The number of nitrogens with zero attached hydrogens (tertiary/aromatic N) is 3. The molecule has 33 heavy (non-hydrogen) atoms. The fourth-order valence-electron chi connectivity index (χ4n) is 2.95. The Balaban J connectivity index is 1.86. The molecule has 0 radical (unpaired) electrons. The maximum Gasteiger partial charge on any atom is 0.362 e. The van der Waals surface area contributed by atoms with Crippen LogP contribution < -0.4 is 10.6 Å². The van der Waals surface area contributed by atoms with Gasteiger partial charge in [0, 0.05) is 10.4 Å². The minimum absolute atomic E-state index is 0.0191.